The van der Waals surface area contributed by atoms with Crippen molar-refractivity contribution in [2.45, 2.75) is 19.4 Å². The molecule has 0 amide bonds. The van der Waals surface area contributed by atoms with Crippen LogP contribution in [0.25, 0.3) is 11.0 Å². The highest BCUT2D eigenvalue weighted by Gasteiger charge is 2.08. The van der Waals surface area contributed by atoms with E-state index in [1.165, 1.54) is 0 Å². The van der Waals surface area contributed by atoms with Crippen molar-refractivity contribution in [3.63, 3.8) is 0 Å². The van der Waals surface area contributed by atoms with Crippen LogP contribution < -0.4 is 11.1 Å². The number of hydrogen-bond acceptors (Lipinski definition) is 3. The highest BCUT2D eigenvalue weighted by Crippen LogP contribution is 2.25. The third kappa shape index (κ3) is 1.97. The normalized spacial score (nSPS) is 13.0. The summed E-state index contributed by atoms with van der Waals surface area (Å²) in [7, 11) is 1.91. The van der Waals surface area contributed by atoms with Crippen molar-refractivity contribution < 1.29 is 4.42 Å². The van der Waals surface area contributed by atoms with Gasteiger partial charge in [-0.05, 0) is 37.1 Å². The van der Waals surface area contributed by atoms with Crippen LogP contribution in [0.3, 0.4) is 0 Å². The van der Waals surface area contributed by atoms with Crippen molar-refractivity contribution in [2.24, 2.45) is 5.73 Å². The van der Waals surface area contributed by atoms with E-state index in [0.717, 1.165) is 28.6 Å². The van der Waals surface area contributed by atoms with Crippen LogP contribution in [-0.4, -0.2) is 13.1 Å². The quantitative estimate of drug-likeness (QED) is 0.807. The molecule has 0 bridgehead atoms. The average Bonchev–Trinajstić information content (AvgIpc) is 2.64. The Morgan fingerprint density at radius 2 is 2.27 bits per heavy atom. The summed E-state index contributed by atoms with van der Waals surface area (Å²) in [5.41, 5.74) is 9.02. The lowest BCUT2D eigenvalue weighted by atomic mass is 10.0. The second-order valence-corrected chi connectivity index (χ2v) is 3.91. The molecule has 1 aromatic carbocycles. The smallest absolute Gasteiger partial charge is 0.137 e. The first kappa shape index (κ1) is 10.1. The highest BCUT2D eigenvalue weighted by atomic mass is 16.3. The monoisotopic (exact) mass is 204 g/mol. The van der Waals surface area contributed by atoms with E-state index in [1.54, 1.807) is 6.26 Å². The molecule has 2 aromatic rings. The summed E-state index contributed by atoms with van der Waals surface area (Å²) in [6.45, 7) is 2.00. The Bertz CT molecular complexity index is 460. The third-order valence-corrected chi connectivity index (χ3v) is 2.46. The minimum Gasteiger partial charge on any atom is -0.464 e. The van der Waals surface area contributed by atoms with E-state index in [0.29, 0.717) is 0 Å². The fraction of sp³-hybridized carbons (Fsp3) is 0.333. The minimum absolute atomic E-state index is 0.144. The maximum atomic E-state index is 5.81. The van der Waals surface area contributed by atoms with Gasteiger partial charge in [-0.15, -0.1) is 0 Å². The lowest BCUT2D eigenvalue weighted by molar-refractivity contribution is 0.606. The van der Waals surface area contributed by atoms with Gasteiger partial charge in [0.15, 0.2) is 0 Å². The topological polar surface area (TPSA) is 51.2 Å². The fourth-order valence-electron chi connectivity index (χ4n) is 1.80. The molecule has 0 aliphatic heterocycles. The number of anilines is 1. The van der Waals surface area contributed by atoms with Crippen LogP contribution >= 0.6 is 0 Å². The Labute approximate surface area is 89.3 Å². The summed E-state index contributed by atoms with van der Waals surface area (Å²) in [4.78, 5) is 0. The van der Waals surface area contributed by atoms with E-state index >= 15 is 0 Å². The molecule has 80 valence electrons. The molecule has 0 aliphatic rings. The molecule has 1 aromatic heterocycles. The number of fused-ring (bicyclic) bond motifs is 1. The largest absolute Gasteiger partial charge is 0.464 e. The van der Waals surface area contributed by atoms with Gasteiger partial charge in [-0.1, -0.05) is 0 Å². The van der Waals surface area contributed by atoms with Crippen LogP contribution in [0, 0.1) is 0 Å². The highest BCUT2D eigenvalue weighted by molar-refractivity contribution is 5.84. The molecule has 1 unspecified atom stereocenters. The van der Waals surface area contributed by atoms with E-state index in [4.69, 9.17) is 10.2 Å². The molecule has 3 nitrogen and oxygen atoms in total. The number of nitrogens with one attached hydrogen (secondary N) is 1. The minimum atomic E-state index is 0.144. The van der Waals surface area contributed by atoms with Gasteiger partial charge >= 0.3 is 0 Å². The zero-order valence-electron chi connectivity index (χ0n) is 9.08. The number of hydrogen-bond donors (Lipinski definition) is 2. The first-order valence-corrected chi connectivity index (χ1v) is 5.14. The second kappa shape index (κ2) is 3.95. The predicted molar refractivity (Wildman–Crippen MR) is 63.1 cm³/mol. The van der Waals surface area contributed by atoms with Gasteiger partial charge in [0.25, 0.3) is 0 Å². The molecule has 0 radical (unpaired) electrons. The number of rotatable bonds is 3. The maximum Gasteiger partial charge on any atom is 0.137 e. The van der Waals surface area contributed by atoms with Crippen molar-refractivity contribution in [3.05, 3.63) is 30.0 Å². The van der Waals surface area contributed by atoms with E-state index in [-0.39, 0.29) is 6.04 Å². The first-order valence-electron chi connectivity index (χ1n) is 5.14. The Kier molecular flexibility index (Phi) is 2.64. The van der Waals surface area contributed by atoms with Gasteiger partial charge in [0.1, 0.15) is 5.58 Å². The van der Waals surface area contributed by atoms with Crippen molar-refractivity contribution in [1.29, 1.82) is 0 Å². The second-order valence-electron chi connectivity index (χ2n) is 3.91. The van der Waals surface area contributed by atoms with Crippen LogP contribution in [0.4, 0.5) is 5.69 Å². The Morgan fingerprint density at radius 3 is 2.93 bits per heavy atom. The van der Waals surface area contributed by atoms with Crippen LogP contribution in [0.5, 0.6) is 0 Å². The number of furan rings is 1. The van der Waals surface area contributed by atoms with Crippen molar-refractivity contribution >= 4 is 16.7 Å². The predicted octanol–water partition coefficient (Wildman–Crippen LogP) is 2.36. The third-order valence-electron chi connectivity index (χ3n) is 2.46. The molecule has 0 fully saturated rings. The van der Waals surface area contributed by atoms with Gasteiger partial charge in [0.2, 0.25) is 0 Å². The molecule has 1 heterocycles. The fourth-order valence-corrected chi connectivity index (χ4v) is 1.80. The molecule has 0 aliphatic carbocycles. The average molecular weight is 204 g/mol. The summed E-state index contributed by atoms with van der Waals surface area (Å²) in [6, 6.07) is 6.28. The molecule has 2 rings (SSSR count). The summed E-state index contributed by atoms with van der Waals surface area (Å²) in [5, 5.41) is 4.26. The van der Waals surface area contributed by atoms with Gasteiger partial charge in [-0.25, -0.2) is 0 Å². The number of nitrogens with two attached hydrogens (primary N) is 1. The van der Waals surface area contributed by atoms with Gasteiger partial charge in [-0.2, -0.15) is 0 Å². The van der Waals surface area contributed by atoms with E-state index < -0.39 is 0 Å². The molecule has 0 saturated heterocycles. The van der Waals surface area contributed by atoms with Crippen LogP contribution in [0.2, 0.25) is 0 Å². The molecule has 0 spiro atoms. The number of benzene rings is 1. The van der Waals surface area contributed by atoms with Crippen LogP contribution in [0.1, 0.15) is 12.5 Å². The standard InChI is InChI=1S/C12H16N2O/c1-8(13)5-10-7-11(14-2)6-9-3-4-15-12(9)10/h3-4,6-8,14H,5,13H2,1-2H3. The maximum absolute atomic E-state index is 5.81. The van der Waals surface area contributed by atoms with Gasteiger partial charge < -0.3 is 15.5 Å². The van der Waals surface area contributed by atoms with Crippen LogP contribution in [-0.2, 0) is 6.42 Å². The Balaban J connectivity index is 2.53. The molecular formula is C12H16N2O. The SMILES string of the molecule is CNc1cc(CC(C)N)c2occc2c1. The lowest BCUT2D eigenvalue weighted by Crippen LogP contribution is -2.17. The molecule has 15 heavy (non-hydrogen) atoms. The van der Waals surface area contributed by atoms with Gasteiger partial charge in [-0.3, -0.25) is 0 Å². The summed E-state index contributed by atoms with van der Waals surface area (Å²) < 4.78 is 5.47. The van der Waals surface area contributed by atoms with Crippen molar-refractivity contribution in [3.8, 4) is 0 Å². The van der Waals surface area contributed by atoms with E-state index in [9.17, 15) is 0 Å². The zero-order valence-corrected chi connectivity index (χ0v) is 9.08. The van der Waals surface area contributed by atoms with E-state index in [1.807, 2.05) is 20.0 Å². The lowest BCUT2D eigenvalue weighted by Gasteiger charge is -2.08. The summed E-state index contributed by atoms with van der Waals surface area (Å²) >= 11 is 0. The molecule has 0 saturated carbocycles. The molecule has 3 heteroatoms. The van der Waals surface area contributed by atoms with Crippen molar-refractivity contribution in [1.82, 2.24) is 0 Å². The van der Waals surface area contributed by atoms with Crippen LogP contribution in [0.15, 0.2) is 28.9 Å². The molecular weight excluding hydrogens is 188 g/mol. The summed E-state index contributed by atoms with van der Waals surface area (Å²) in [6.07, 6.45) is 2.55. The Morgan fingerprint density at radius 1 is 1.47 bits per heavy atom. The summed E-state index contributed by atoms with van der Waals surface area (Å²) in [5.74, 6) is 0. The van der Waals surface area contributed by atoms with Gasteiger partial charge in [0, 0.05) is 24.2 Å². The van der Waals surface area contributed by atoms with Gasteiger partial charge in [0.05, 0.1) is 6.26 Å². The Hall–Kier alpha value is -1.48. The van der Waals surface area contributed by atoms with Crippen molar-refractivity contribution in [2.75, 3.05) is 12.4 Å². The zero-order chi connectivity index (χ0) is 10.8. The molecule has 1 atom stereocenters. The molecule has 3 N–H and O–H groups in total. The van der Waals surface area contributed by atoms with E-state index in [2.05, 4.69) is 17.4 Å². The first-order chi connectivity index (χ1) is 7.20.